The van der Waals surface area contributed by atoms with Gasteiger partial charge in [0.1, 0.15) is 5.82 Å². The van der Waals surface area contributed by atoms with Crippen LogP contribution < -0.4 is 0 Å². The molecule has 144 valence electrons. The molecule has 1 aromatic heterocycles. The first kappa shape index (κ1) is 18.7. The maximum Gasteiger partial charge on any atom is 0.277 e. The van der Waals surface area contributed by atoms with Crippen LogP contribution in [0.3, 0.4) is 0 Å². The molecule has 1 aliphatic carbocycles. The van der Waals surface area contributed by atoms with E-state index in [1.54, 1.807) is 23.1 Å². The van der Waals surface area contributed by atoms with Crippen LogP contribution in [0.4, 0.5) is 4.39 Å². The summed E-state index contributed by atoms with van der Waals surface area (Å²) in [6, 6.07) is 14.6. The molecule has 0 saturated heterocycles. The molecule has 4 rings (SSSR count). The predicted molar refractivity (Wildman–Crippen MR) is 105 cm³/mol. The number of carbonyl (C=O) groups is 1. The lowest BCUT2D eigenvalue weighted by molar-refractivity contribution is -0.129. The first-order valence-electron chi connectivity index (χ1n) is 9.16. The highest BCUT2D eigenvalue weighted by molar-refractivity contribution is 7.99. The molecule has 5 nitrogen and oxygen atoms in total. The average Bonchev–Trinajstić information content (AvgIpc) is 3.43. The molecule has 7 heteroatoms. The van der Waals surface area contributed by atoms with Crippen molar-refractivity contribution in [1.29, 1.82) is 0 Å². The third kappa shape index (κ3) is 4.42. The molecule has 28 heavy (non-hydrogen) atoms. The number of rotatable bonds is 7. The van der Waals surface area contributed by atoms with E-state index in [1.807, 2.05) is 31.2 Å². The lowest BCUT2D eigenvalue weighted by atomic mass is 10.1. The van der Waals surface area contributed by atoms with E-state index in [0.717, 1.165) is 24.0 Å². The summed E-state index contributed by atoms with van der Waals surface area (Å²) >= 11 is 1.21. The number of aryl methyl sites for hydroxylation is 1. The van der Waals surface area contributed by atoms with E-state index in [1.165, 1.54) is 17.8 Å². The van der Waals surface area contributed by atoms with Gasteiger partial charge in [0.25, 0.3) is 5.22 Å². The van der Waals surface area contributed by atoms with Crippen LogP contribution in [0.1, 0.15) is 24.0 Å². The molecule has 1 heterocycles. The Morgan fingerprint density at radius 1 is 1.18 bits per heavy atom. The van der Waals surface area contributed by atoms with E-state index in [4.69, 9.17) is 4.42 Å². The van der Waals surface area contributed by atoms with Gasteiger partial charge in [0.15, 0.2) is 0 Å². The molecule has 1 amide bonds. The minimum Gasteiger partial charge on any atom is -0.411 e. The van der Waals surface area contributed by atoms with Crippen molar-refractivity contribution in [2.75, 3.05) is 5.75 Å². The summed E-state index contributed by atoms with van der Waals surface area (Å²) in [5, 5.41) is 8.43. The molecule has 0 aliphatic heterocycles. The van der Waals surface area contributed by atoms with Gasteiger partial charge in [-0.1, -0.05) is 47.7 Å². The standard InChI is InChI=1S/C21H20FN3O2S/c1-14-6-8-15(9-7-14)20-23-24-21(27-20)28-13-19(26)25(17-10-11-17)12-16-4-2-3-5-18(16)22/h2-9,17H,10-13H2,1H3. The Morgan fingerprint density at radius 2 is 1.93 bits per heavy atom. The van der Waals surface area contributed by atoms with E-state index in [9.17, 15) is 9.18 Å². The van der Waals surface area contributed by atoms with Crippen molar-refractivity contribution in [2.45, 2.75) is 37.6 Å². The average molecular weight is 397 g/mol. The Bertz CT molecular complexity index is 970. The fourth-order valence-electron chi connectivity index (χ4n) is 2.90. The Kier molecular flexibility index (Phi) is 5.43. The third-order valence-electron chi connectivity index (χ3n) is 4.63. The van der Waals surface area contributed by atoms with Crippen LogP contribution in [0.2, 0.25) is 0 Å². The van der Waals surface area contributed by atoms with Crippen LogP contribution in [-0.2, 0) is 11.3 Å². The van der Waals surface area contributed by atoms with Gasteiger partial charge >= 0.3 is 0 Å². The Morgan fingerprint density at radius 3 is 2.64 bits per heavy atom. The van der Waals surface area contributed by atoms with Crippen LogP contribution in [0.25, 0.3) is 11.5 Å². The zero-order valence-corrected chi connectivity index (χ0v) is 16.3. The normalized spacial score (nSPS) is 13.5. The molecular formula is C21H20FN3O2S. The Balaban J connectivity index is 1.39. The molecule has 0 radical (unpaired) electrons. The topological polar surface area (TPSA) is 59.2 Å². The number of carbonyl (C=O) groups excluding carboxylic acids is 1. The van der Waals surface area contributed by atoms with Crippen molar-refractivity contribution < 1.29 is 13.6 Å². The number of thioether (sulfide) groups is 1. The molecule has 0 unspecified atom stereocenters. The van der Waals surface area contributed by atoms with Crippen LogP contribution >= 0.6 is 11.8 Å². The summed E-state index contributed by atoms with van der Waals surface area (Å²) in [7, 11) is 0. The summed E-state index contributed by atoms with van der Waals surface area (Å²) in [5.41, 5.74) is 2.53. The van der Waals surface area contributed by atoms with Gasteiger partial charge in [0, 0.05) is 23.7 Å². The van der Waals surface area contributed by atoms with E-state index in [0.29, 0.717) is 16.7 Å². The number of benzene rings is 2. The van der Waals surface area contributed by atoms with Crippen LogP contribution in [0.15, 0.2) is 58.2 Å². The second kappa shape index (κ2) is 8.14. The van der Waals surface area contributed by atoms with Gasteiger partial charge in [0.05, 0.1) is 5.75 Å². The molecule has 1 saturated carbocycles. The van der Waals surface area contributed by atoms with Crippen LogP contribution in [-0.4, -0.2) is 32.8 Å². The maximum atomic E-state index is 14.0. The van der Waals surface area contributed by atoms with Gasteiger partial charge in [-0.15, -0.1) is 10.2 Å². The van der Waals surface area contributed by atoms with Crippen molar-refractivity contribution in [3.05, 3.63) is 65.5 Å². The maximum absolute atomic E-state index is 14.0. The zero-order chi connectivity index (χ0) is 19.5. The van der Waals surface area contributed by atoms with Crippen molar-refractivity contribution in [2.24, 2.45) is 0 Å². The molecule has 2 aromatic carbocycles. The van der Waals surface area contributed by atoms with Crippen molar-refractivity contribution >= 4 is 17.7 Å². The second-order valence-corrected chi connectivity index (χ2v) is 7.80. The molecule has 1 fully saturated rings. The van der Waals surface area contributed by atoms with Crippen LogP contribution in [0.5, 0.6) is 0 Å². The first-order valence-corrected chi connectivity index (χ1v) is 10.1. The molecule has 0 bridgehead atoms. The highest BCUT2D eigenvalue weighted by atomic mass is 32.2. The van der Waals surface area contributed by atoms with Gasteiger partial charge in [0.2, 0.25) is 11.8 Å². The number of nitrogens with zero attached hydrogens (tertiary/aromatic N) is 3. The lowest BCUT2D eigenvalue weighted by Crippen LogP contribution is -2.34. The molecule has 0 spiro atoms. The fourth-order valence-corrected chi connectivity index (χ4v) is 3.55. The van der Waals surface area contributed by atoms with Crippen molar-refractivity contribution in [3.63, 3.8) is 0 Å². The fraction of sp³-hybridized carbons (Fsp3) is 0.286. The van der Waals surface area contributed by atoms with Gasteiger partial charge in [-0.3, -0.25) is 4.79 Å². The van der Waals surface area contributed by atoms with Crippen LogP contribution in [0, 0.1) is 12.7 Å². The van der Waals surface area contributed by atoms with Gasteiger partial charge in [-0.25, -0.2) is 4.39 Å². The minimum absolute atomic E-state index is 0.0501. The predicted octanol–water partition coefficient (Wildman–Crippen LogP) is 4.47. The number of hydrogen-bond donors (Lipinski definition) is 0. The number of hydrogen-bond acceptors (Lipinski definition) is 5. The molecule has 1 aliphatic rings. The zero-order valence-electron chi connectivity index (χ0n) is 15.5. The van der Waals surface area contributed by atoms with Gasteiger partial charge in [-0.05, 0) is 38.0 Å². The van der Waals surface area contributed by atoms with E-state index in [2.05, 4.69) is 10.2 Å². The Hall–Kier alpha value is -2.67. The monoisotopic (exact) mass is 397 g/mol. The lowest BCUT2D eigenvalue weighted by Gasteiger charge is -2.22. The van der Waals surface area contributed by atoms with Gasteiger partial charge < -0.3 is 9.32 Å². The summed E-state index contributed by atoms with van der Waals surface area (Å²) in [5.74, 6) is 0.278. The first-order chi connectivity index (χ1) is 13.6. The highest BCUT2D eigenvalue weighted by Gasteiger charge is 2.33. The Labute approximate surface area is 167 Å². The molecule has 3 aromatic rings. The molecular weight excluding hydrogens is 377 g/mol. The van der Waals surface area contributed by atoms with Gasteiger partial charge in [-0.2, -0.15) is 0 Å². The SMILES string of the molecule is Cc1ccc(-c2nnc(SCC(=O)N(Cc3ccccc3F)C3CC3)o2)cc1. The molecule has 0 atom stereocenters. The summed E-state index contributed by atoms with van der Waals surface area (Å²) in [6.07, 6.45) is 1.92. The summed E-state index contributed by atoms with van der Waals surface area (Å²) in [6.45, 7) is 2.30. The highest BCUT2D eigenvalue weighted by Crippen LogP contribution is 2.30. The van der Waals surface area contributed by atoms with Crippen molar-refractivity contribution in [1.82, 2.24) is 15.1 Å². The third-order valence-corrected chi connectivity index (χ3v) is 5.43. The molecule has 0 N–H and O–H groups in total. The smallest absolute Gasteiger partial charge is 0.277 e. The van der Waals surface area contributed by atoms with E-state index < -0.39 is 0 Å². The van der Waals surface area contributed by atoms with E-state index in [-0.39, 0.29) is 30.1 Å². The minimum atomic E-state index is -0.284. The largest absolute Gasteiger partial charge is 0.411 e. The summed E-state index contributed by atoms with van der Waals surface area (Å²) in [4.78, 5) is 14.5. The number of halogens is 1. The summed E-state index contributed by atoms with van der Waals surface area (Å²) < 4.78 is 19.6. The quantitative estimate of drug-likeness (QED) is 0.551. The number of aromatic nitrogens is 2. The van der Waals surface area contributed by atoms with E-state index >= 15 is 0 Å². The second-order valence-electron chi connectivity index (χ2n) is 6.87. The number of amides is 1. The van der Waals surface area contributed by atoms with Crippen molar-refractivity contribution in [3.8, 4) is 11.5 Å².